The number of hydrogen-bond donors (Lipinski definition) is 0. The average molecular weight is 533 g/mol. The minimum atomic E-state index is -3.09. The first-order chi connectivity index (χ1) is 20.1. The van der Waals surface area contributed by atoms with E-state index in [2.05, 4.69) is 48.5 Å². The zero-order valence-electron chi connectivity index (χ0n) is 21.9. The van der Waals surface area contributed by atoms with Crippen LogP contribution in [-0.2, 0) is 5.92 Å². The van der Waals surface area contributed by atoms with Crippen LogP contribution in [-0.4, -0.2) is 9.97 Å². The van der Waals surface area contributed by atoms with Gasteiger partial charge in [-0.25, -0.2) is 9.97 Å². The van der Waals surface area contributed by atoms with E-state index in [1.807, 2.05) is 48.5 Å². The summed E-state index contributed by atoms with van der Waals surface area (Å²) in [6.07, 6.45) is 0. The summed E-state index contributed by atoms with van der Waals surface area (Å²) in [5, 5.41) is 4.34. The Morgan fingerprint density at radius 3 is 1.61 bits per heavy atom. The van der Waals surface area contributed by atoms with Gasteiger partial charge in [-0.1, -0.05) is 121 Å². The maximum absolute atomic E-state index is 15.6. The van der Waals surface area contributed by atoms with Crippen LogP contribution in [0, 0.1) is 0 Å². The molecule has 0 amide bonds. The quantitative estimate of drug-likeness (QED) is 0.226. The summed E-state index contributed by atoms with van der Waals surface area (Å²) in [6, 6.07) is 42.6. The summed E-state index contributed by atoms with van der Waals surface area (Å²) in [5.74, 6) is -2.68. The van der Waals surface area contributed by atoms with Crippen molar-refractivity contribution in [3.63, 3.8) is 0 Å². The highest BCUT2D eigenvalue weighted by molar-refractivity contribution is 5.99. The Morgan fingerprint density at radius 1 is 0.439 bits per heavy atom. The second-order valence-corrected chi connectivity index (χ2v) is 10.4. The van der Waals surface area contributed by atoms with E-state index in [0.717, 1.165) is 44.1 Å². The van der Waals surface area contributed by atoms with Gasteiger partial charge in [0, 0.05) is 27.8 Å². The number of aromatic nitrogens is 2. The smallest absolute Gasteiger partial charge is 0.228 e. The number of hydrogen-bond acceptors (Lipinski definition) is 2. The predicted molar refractivity (Wildman–Crippen MR) is 162 cm³/mol. The molecule has 0 atom stereocenters. The number of rotatable bonds is 3. The molecule has 1 aliphatic rings. The van der Waals surface area contributed by atoms with Gasteiger partial charge in [-0.15, -0.1) is 0 Å². The highest BCUT2D eigenvalue weighted by atomic mass is 19.3. The van der Waals surface area contributed by atoms with E-state index in [-0.39, 0.29) is 11.1 Å². The highest BCUT2D eigenvalue weighted by Crippen LogP contribution is 2.51. The standard InChI is InChI=1S/C37H22F2N2/c38-37(39)32-18-6-5-15-28(32)29-20-19-25(21-33(29)37)36-40-34(30-16-7-11-23-9-1-3-13-26(23)30)22-35(41-36)31-17-8-12-24-10-2-4-14-27(24)31/h1-22H. The Hall–Kier alpha value is -5.22. The van der Waals surface area contributed by atoms with E-state index < -0.39 is 5.92 Å². The molecule has 194 valence electrons. The predicted octanol–water partition coefficient (Wildman–Crippen LogP) is 9.90. The minimum absolute atomic E-state index is 0.0120. The number of alkyl halides is 2. The zero-order valence-corrected chi connectivity index (χ0v) is 21.9. The molecule has 0 bridgehead atoms. The molecular weight excluding hydrogens is 510 g/mol. The molecule has 1 aromatic heterocycles. The van der Waals surface area contributed by atoms with Crippen molar-refractivity contribution in [1.82, 2.24) is 9.97 Å². The first kappa shape index (κ1) is 23.6. The van der Waals surface area contributed by atoms with E-state index >= 15 is 8.78 Å². The van der Waals surface area contributed by atoms with Gasteiger partial charge in [-0.2, -0.15) is 8.78 Å². The Kier molecular flexibility index (Phi) is 5.13. The first-order valence-corrected chi connectivity index (χ1v) is 13.6. The topological polar surface area (TPSA) is 25.8 Å². The second-order valence-electron chi connectivity index (χ2n) is 10.4. The van der Waals surface area contributed by atoms with Gasteiger partial charge in [0.05, 0.1) is 11.4 Å². The monoisotopic (exact) mass is 532 g/mol. The molecule has 0 radical (unpaired) electrons. The Balaban J connectivity index is 1.38. The number of halogens is 2. The van der Waals surface area contributed by atoms with Gasteiger partial charge in [0.25, 0.3) is 5.92 Å². The molecule has 0 saturated carbocycles. The molecular formula is C37H22F2N2. The van der Waals surface area contributed by atoms with Gasteiger partial charge >= 0.3 is 0 Å². The molecule has 1 aliphatic carbocycles. The lowest BCUT2D eigenvalue weighted by molar-refractivity contribution is 0.0480. The molecule has 0 aliphatic heterocycles. The van der Waals surface area contributed by atoms with Crippen LogP contribution in [0.15, 0.2) is 133 Å². The first-order valence-electron chi connectivity index (χ1n) is 13.6. The summed E-state index contributed by atoms with van der Waals surface area (Å²) in [7, 11) is 0. The molecule has 7 aromatic rings. The molecule has 41 heavy (non-hydrogen) atoms. The molecule has 4 heteroatoms. The molecule has 1 heterocycles. The van der Waals surface area contributed by atoms with Crippen molar-refractivity contribution < 1.29 is 8.78 Å². The lowest BCUT2D eigenvalue weighted by Gasteiger charge is -2.15. The van der Waals surface area contributed by atoms with Gasteiger partial charge in [-0.05, 0) is 44.8 Å². The highest BCUT2D eigenvalue weighted by Gasteiger charge is 2.44. The van der Waals surface area contributed by atoms with Crippen molar-refractivity contribution in [2.75, 3.05) is 0 Å². The van der Waals surface area contributed by atoms with Crippen molar-refractivity contribution >= 4 is 21.5 Å². The van der Waals surface area contributed by atoms with Gasteiger partial charge < -0.3 is 0 Å². The summed E-state index contributed by atoms with van der Waals surface area (Å²) >= 11 is 0. The zero-order chi connectivity index (χ0) is 27.6. The van der Waals surface area contributed by atoms with Crippen LogP contribution in [0.4, 0.5) is 8.78 Å². The van der Waals surface area contributed by atoms with Crippen molar-refractivity contribution in [2.24, 2.45) is 0 Å². The van der Waals surface area contributed by atoms with Crippen LogP contribution in [0.5, 0.6) is 0 Å². The Bertz CT molecular complexity index is 2040. The summed E-state index contributed by atoms with van der Waals surface area (Å²) in [4.78, 5) is 9.99. The van der Waals surface area contributed by atoms with Crippen molar-refractivity contribution in [3.05, 3.63) is 145 Å². The van der Waals surface area contributed by atoms with Crippen LogP contribution < -0.4 is 0 Å². The summed E-state index contributed by atoms with van der Waals surface area (Å²) < 4.78 is 31.2. The molecule has 0 N–H and O–H groups in total. The third-order valence-corrected chi connectivity index (χ3v) is 8.03. The maximum atomic E-state index is 15.6. The summed E-state index contributed by atoms with van der Waals surface area (Å²) in [6.45, 7) is 0. The molecule has 8 rings (SSSR count). The second kappa shape index (κ2) is 8.90. The molecule has 0 unspecified atom stereocenters. The van der Waals surface area contributed by atoms with E-state index in [1.165, 1.54) is 6.07 Å². The van der Waals surface area contributed by atoms with Gasteiger partial charge in [-0.3, -0.25) is 0 Å². The van der Waals surface area contributed by atoms with Crippen LogP contribution >= 0.6 is 0 Å². The molecule has 0 fully saturated rings. The third kappa shape index (κ3) is 3.68. The van der Waals surface area contributed by atoms with Crippen LogP contribution in [0.2, 0.25) is 0 Å². The van der Waals surface area contributed by atoms with Crippen molar-refractivity contribution in [2.45, 2.75) is 5.92 Å². The third-order valence-electron chi connectivity index (χ3n) is 8.03. The maximum Gasteiger partial charge on any atom is 0.299 e. The fourth-order valence-electron chi connectivity index (χ4n) is 6.06. The fraction of sp³-hybridized carbons (Fsp3) is 0.0270. The van der Waals surface area contributed by atoms with Gasteiger partial charge in [0.2, 0.25) is 0 Å². The summed E-state index contributed by atoms with van der Waals surface area (Å²) in [5.41, 5.74) is 5.11. The number of benzene rings is 6. The van der Waals surface area contributed by atoms with E-state index in [0.29, 0.717) is 22.5 Å². The number of nitrogens with zero attached hydrogens (tertiary/aromatic N) is 2. The molecule has 6 aromatic carbocycles. The minimum Gasteiger partial charge on any atom is -0.228 e. The molecule has 2 nitrogen and oxygen atoms in total. The SMILES string of the molecule is FC1(F)c2ccccc2-c2ccc(-c3nc(-c4cccc5ccccc45)cc(-c4cccc5ccccc45)n3)cc21. The average Bonchev–Trinajstić information content (AvgIpc) is 3.26. The van der Waals surface area contributed by atoms with E-state index in [9.17, 15) is 0 Å². The van der Waals surface area contributed by atoms with Crippen LogP contribution in [0.3, 0.4) is 0 Å². The van der Waals surface area contributed by atoms with Crippen molar-refractivity contribution in [3.8, 4) is 45.0 Å². The molecule has 0 saturated heterocycles. The Labute approximate surface area is 235 Å². The molecule has 0 spiro atoms. The van der Waals surface area contributed by atoms with Crippen molar-refractivity contribution in [1.29, 1.82) is 0 Å². The van der Waals surface area contributed by atoms with Crippen LogP contribution in [0.25, 0.3) is 66.6 Å². The van der Waals surface area contributed by atoms with E-state index in [1.54, 1.807) is 30.3 Å². The lowest BCUT2D eigenvalue weighted by Crippen LogP contribution is -2.11. The van der Waals surface area contributed by atoms with Gasteiger partial charge in [0.15, 0.2) is 5.82 Å². The number of fused-ring (bicyclic) bond motifs is 5. The Morgan fingerprint density at radius 2 is 0.951 bits per heavy atom. The van der Waals surface area contributed by atoms with E-state index in [4.69, 9.17) is 9.97 Å². The van der Waals surface area contributed by atoms with Gasteiger partial charge in [0.1, 0.15) is 0 Å². The lowest BCUT2D eigenvalue weighted by atomic mass is 9.98. The van der Waals surface area contributed by atoms with Crippen LogP contribution in [0.1, 0.15) is 11.1 Å². The largest absolute Gasteiger partial charge is 0.299 e. The fourth-order valence-corrected chi connectivity index (χ4v) is 6.06. The normalized spacial score (nSPS) is 13.3.